The number of urea groups is 1. The Morgan fingerprint density at radius 3 is 2.70 bits per heavy atom. The van der Waals surface area contributed by atoms with Crippen LogP contribution in [0, 0.1) is 6.92 Å². The summed E-state index contributed by atoms with van der Waals surface area (Å²) in [6.07, 6.45) is 1.81. The highest BCUT2D eigenvalue weighted by Gasteiger charge is 2.32. The molecular formula is C31H38N8O2S2. The van der Waals surface area contributed by atoms with Crippen molar-refractivity contribution >= 4 is 51.1 Å². The number of hydrogen-bond acceptors (Lipinski definition) is 9. The van der Waals surface area contributed by atoms with Crippen LogP contribution in [0.5, 0.6) is 0 Å². The van der Waals surface area contributed by atoms with E-state index < -0.39 is 11.2 Å². The summed E-state index contributed by atoms with van der Waals surface area (Å²) in [5.74, 6) is 3.43. The molecule has 226 valence electrons. The Hall–Kier alpha value is -3.45. The van der Waals surface area contributed by atoms with Crippen LogP contribution in [-0.4, -0.2) is 93.2 Å². The van der Waals surface area contributed by atoms with Crippen LogP contribution >= 0.6 is 11.3 Å². The lowest BCUT2D eigenvalue weighted by molar-refractivity contribution is 0.195. The number of nitrogens with one attached hydrogen (secondary N) is 2. The summed E-state index contributed by atoms with van der Waals surface area (Å²) >= 11 is 0.999. The molecule has 0 aliphatic carbocycles. The van der Waals surface area contributed by atoms with Gasteiger partial charge in [-0.15, -0.1) is 11.3 Å². The van der Waals surface area contributed by atoms with E-state index in [2.05, 4.69) is 87.8 Å². The van der Waals surface area contributed by atoms with Gasteiger partial charge in [-0.1, -0.05) is 35.4 Å². The van der Waals surface area contributed by atoms with Crippen LogP contribution in [0.3, 0.4) is 0 Å². The lowest BCUT2D eigenvalue weighted by Crippen LogP contribution is -2.62. The highest BCUT2D eigenvalue weighted by atomic mass is 32.2. The first-order chi connectivity index (χ1) is 20.7. The van der Waals surface area contributed by atoms with Crippen LogP contribution in [0.25, 0.3) is 21.3 Å². The second kappa shape index (κ2) is 12.7. The van der Waals surface area contributed by atoms with Crippen molar-refractivity contribution in [2.75, 3.05) is 62.0 Å². The Morgan fingerprint density at radius 1 is 1.16 bits per heavy atom. The molecule has 0 radical (unpaired) electrons. The molecule has 43 heavy (non-hydrogen) atoms. The van der Waals surface area contributed by atoms with Gasteiger partial charge in [0.25, 0.3) is 0 Å². The average molecular weight is 619 g/mol. The van der Waals surface area contributed by atoms with E-state index in [9.17, 15) is 9.35 Å². The van der Waals surface area contributed by atoms with E-state index in [1.54, 1.807) is 22.4 Å². The summed E-state index contributed by atoms with van der Waals surface area (Å²) < 4.78 is 11.6. The Kier molecular flexibility index (Phi) is 8.71. The fraction of sp³-hybridized carbons (Fsp3) is 0.419. The van der Waals surface area contributed by atoms with Crippen molar-refractivity contribution in [3.63, 3.8) is 0 Å². The number of carbonyl (C=O) groups is 1. The van der Waals surface area contributed by atoms with Gasteiger partial charge in [-0.2, -0.15) is 0 Å². The SMILES string of the molecule is Cc1nc(NC(C)c2ccc(-c3ccccc3CN(C)C)s2)c2cc(N3CC(NC(=O)N4CC[S+]([O-])CC4)C3)ncc2n1. The minimum absolute atomic E-state index is 0.0460. The number of amides is 2. The molecule has 0 saturated carbocycles. The van der Waals surface area contributed by atoms with Gasteiger partial charge in [0.15, 0.2) is 0 Å². The fourth-order valence-electron chi connectivity index (χ4n) is 5.53. The van der Waals surface area contributed by atoms with Crippen molar-refractivity contribution in [1.82, 2.24) is 30.1 Å². The normalized spacial score (nSPS) is 16.9. The molecule has 12 heteroatoms. The molecule has 1 aromatic carbocycles. The monoisotopic (exact) mass is 618 g/mol. The van der Waals surface area contributed by atoms with E-state index in [0.29, 0.717) is 43.5 Å². The summed E-state index contributed by atoms with van der Waals surface area (Å²) in [5, 5.41) is 7.68. The van der Waals surface area contributed by atoms with Gasteiger partial charge >= 0.3 is 6.03 Å². The second-order valence-electron chi connectivity index (χ2n) is 11.5. The molecule has 1 atom stereocenters. The van der Waals surface area contributed by atoms with Crippen LogP contribution in [0.1, 0.15) is 29.2 Å². The third-order valence-electron chi connectivity index (χ3n) is 7.85. The molecular weight excluding hydrogens is 581 g/mol. The summed E-state index contributed by atoms with van der Waals surface area (Å²) in [7, 11) is 4.19. The summed E-state index contributed by atoms with van der Waals surface area (Å²) in [6.45, 7) is 7.42. The predicted molar refractivity (Wildman–Crippen MR) is 175 cm³/mol. The zero-order chi connectivity index (χ0) is 30.1. The largest absolute Gasteiger partial charge is 0.616 e. The molecule has 2 saturated heterocycles. The van der Waals surface area contributed by atoms with Gasteiger partial charge in [0, 0.05) is 34.8 Å². The Bertz CT molecular complexity index is 1600. The fourth-order valence-corrected chi connectivity index (χ4v) is 7.65. The molecule has 0 spiro atoms. The number of thiophene rings is 1. The van der Waals surface area contributed by atoms with Gasteiger partial charge in [0.1, 0.15) is 29.0 Å². The molecule has 2 amide bonds. The number of aromatic nitrogens is 3. The molecule has 0 bridgehead atoms. The lowest BCUT2D eigenvalue weighted by atomic mass is 10.1. The van der Waals surface area contributed by atoms with Gasteiger partial charge in [-0.25, -0.2) is 19.7 Å². The molecule has 3 aromatic heterocycles. The smallest absolute Gasteiger partial charge is 0.318 e. The number of benzene rings is 1. The number of aryl methyl sites for hydroxylation is 1. The first kappa shape index (κ1) is 29.6. The van der Waals surface area contributed by atoms with Crippen LogP contribution in [-0.2, 0) is 17.7 Å². The second-order valence-corrected chi connectivity index (χ2v) is 14.3. The lowest BCUT2D eigenvalue weighted by Gasteiger charge is -2.41. The van der Waals surface area contributed by atoms with E-state index in [1.165, 1.54) is 20.9 Å². The highest BCUT2D eigenvalue weighted by Crippen LogP contribution is 2.36. The molecule has 2 aliphatic heterocycles. The number of pyridine rings is 1. The Morgan fingerprint density at radius 2 is 1.93 bits per heavy atom. The van der Waals surface area contributed by atoms with Crippen LogP contribution in [0.15, 0.2) is 48.7 Å². The number of hydrogen-bond donors (Lipinski definition) is 2. The van der Waals surface area contributed by atoms with E-state index in [-0.39, 0.29) is 18.1 Å². The number of rotatable bonds is 8. The van der Waals surface area contributed by atoms with E-state index in [0.717, 1.165) is 29.1 Å². The van der Waals surface area contributed by atoms with Crippen molar-refractivity contribution in [3.05, 3.63) is 64.9 Å². The maximum Gasteiger partial charge on any atom is 0.318 e. The standard InChI is InChI=1S/C31H38N8O2S2/c1-20(27-9-10-28(42-27)24-8-6-5-7-22(24)17-37(3)4)33-30-25-15-29(32-16-26(25)34-21(2)35-30)39-18-23(19-39)36-31(40)38-11-13-43(41)14-12-38/h5-10,15-16,20,23H,11-14,17-19H2,1-4H3,(H,36,40)(H,33,34,35). The van der Waals surface area contributed by atoms with Crippen molar-refractivity contribution in [2.45, 2.75) is 32.5 Å². The number of anilines is 2. The molecule has 4 aromatic rings. The average Bonchev–Trinajstić information content (AvgIpc) is 3.45. The number of fused-ring (bicyclic) bond motifs is 1. The molecule has 2 N–H and O–H groups in total. The van der Waals surface area contributed by atoms with Gasteiger partial charge in [-0.3, -0.25) is 0 Å². The number of carbonyl (C=O) groups excluding carboxylic acids is 1. The van der Waals surface area contributed by atoms with Crippen LogP contribution in [0.2, 0.25) is 0 Å². The molecule has 10 nitrogen and oxygen atoms in total. The van der Waals surface area contributed by atoms with E-state index in [4.69, 9.17) is 4.98 Å². The summed E-state index contributed by atoms with van der Waals surface area (Å²) in [6, 6.07) is 15.1. The van der Waals surface area contributed by atoms with E-state index in [1.807, 2.05) is 13.0 Å². The zero-order valence-corrected chi connectivity index (χ0v) is 26.7. The molecule has 2 aliphatic rings. The van der Waals surface area contributed by atoms with Gasteiger partial charge < -0.3 is 29.9 Å². The Balaban J connectivity index is 1.14. The maximum absolute atomic E-state index is 12.6. The van der Waals surface area contributed by atoms with Gasteiger partial charge in [0.2, 0.25) is 0 Å². The topological polar surface area (TPSA) is 113 Å². The van der Waals surface area contributed by atoms with Crippen molar-refractivity contribution in [3.8, 4) is 10.4 Å². The quantitative estimate of drug-likeness (QED) is 0.282. The predicted octanol–water partition coefficient (Wildman–Crippen LogP) is 4.26. The van der Waals surface area contributed by atoms with Crippen LogP contribution < -0.4 is 15.5 Å². The van der Waals surface area contributed by atoms with Crippen LogP contribution in [0.4, 0.5) is 16.4 Å². The third kappa shape index (κ3) is 6.72. The molecule has 2 fully saturated rings. The molecule has 6 rings (SSSR count). The van der Waals surface area contributed by atoms with Gasteiger partial charge in [0.05, 0.1) is 36.9 Å². The number of nitrogens with zero attached hydrogens (tertiary/aromatic N) is 6. The van der Waals surface area contributed by atoms with Crippen molar-refractivity contribution < 1.29 is 9.35 Å². The van der Waals surface area contributed by atoms with Crippen molar-refractivity contribution in [2.24, 2.45) is 0 Å². The minimum Gasteiger partial charge on any atom is -0.616 e. The summed E-state index contributed by atoms with van der Waals surface area (Å²) in [4.78, 5) is 35.3. The molecule has 1 unspecified atom stereocenters. The summed E-state index contributed by atoms with van der Waals surface area (Å²) in [5.41, 5.74) is 3.38. The first-order valence-corrected chi connectivity index (χ1v) is 16.9. The Labute approximate surface area is 259 Å². The highest BCUT2D eigenvalue weighted by molar-refractivity contribution is 7.91. The zero-order valence-electron chi connectivity index (χ0n) is 25.0. The molecule has 5 heterocycles. The van der Waals surface area contributed by atoms with E-state index >= 15 is 0 Å². The first-order valence-electron chi connectivity index (χ1n) is 14.6. The minimum atomic E-state index is -0.803. The maximum atomic E-state index is 12.6. The van der Waals surface area contributed by atoms with Gasteiger partial charge in [-0.05, 0) is 57.3 Å². The van der Waals surface area contributed by atoms with Crippen molar-refractivity contribution in [1.29, 1.82) is 0 Å². The third-order valence-corrected chi connectivity index (χ3v) is 10.4.